The summed E-state index contributed by atoms with van der Waals surface area (Å²) in [5.74, 6) is -0.770. The Hall–Kier alpha value is -4.05. The van der Waals surface area contributed by atoms with Crippen molar-refractivity contribution in [2.45, 2.75) is 83.8 Å². The third-order valence-corrected chi connectivity index (χ3v) is 11.6. The van der Waals surface area contributed by atoms with Gasteiger partial charge in [0.05, 0.1) is 40.6 Å². The Labute approximate surface area is 314 Å². The van der Waals surface area contributed by atoms with Gasteiger partial charge in [-0.05, 0) is 56.3 Å². The Kier molecular flexibility index (Phi) is 11.8. The summed E-state index contributed by atoms with van der Waals surface area (Å²) in [6.45, 7) is 13.9. The minimum Gasteiger partial charge on any atom is -0.391 e. The number of hydrogen-bond acceptors (Lipinski definition) is 11. The van der Waals surface area contributed by atoms with Crippen LogP contribution in [0.1, 0.15) is 74.7 Å². The zero-order chi connectivity index (χ0) is 37.9. The minimum absolute atomic E-state index is 0.0259. The number of amides is 3. The second kappa shape index (κ2) is 16.1. The number of likely N-dealkylation sites (tertiary alicyclic amines) is 1. The third-order valence-electron chi connectivity index (χ3n) is 10.6. The van der Waals surface area contributed by atoms with E-state index in [0.717, 1.165) is 21.7 Å². The van der Waals surface area contributed by atoms with Crippen LogP contribution >= 0.6 is 11.3 Å². The molecule has 15 heteroatoms. The van der Waals surface area contributed by atoms with E-state index in [-0.39, 0.29) is 30.6 Å². The number of nitrogens with one attached hydrogen (secondary N) is 3. The van der Waals surface area contributed by atoms with Crippen molar-refractivity contribution in [2.75, 3.05) is 57.3 Å². The van der Waals surface area contributed by atoms with Gasteiger partial charge in [0.15, 0.2) is 0 Å². The molecular formula is C38H52FN9O4S. The summed E-state index contributed by atoms with van der Waals surface area (Å²) >= 11 is 1.58. The van der Waals surface area contributed by atoms with Gasteiger partial charge in [-0.15, -0.1) is 11.3 Å². The molecule has 0 saturated carbocycles. The molecule has 13 nitrogen and oxygen atoms in total. The van der Waals surface area contributed by atoms with Gasteiger partial charge in [-0.3, -0.25) is 19.3 Å². The van der Waals surface area contributed by atoms with Crippen molar-refractivity contribution in [3.05, 3.63) is 59.1 Å². The Morgan fingerprint density at radius 3 is 2.34 bits per heavy atom. The highest BCUT2D eigenvalue weighted by Gasteiger charge is 2.45. The van der Waals surface area contributed by atoms with Gasteiger partial charge in [0.25, 0.3) is 5.91 Å². The van der Waals surface area contributed by atoms with Crippen molar-refractivity contribution in [1.82, 2.24) is 40.7 Å². The maximum atomic E-state index is 15.2. The quantitative estimate of drug-likeness (QED) is 0.243. The van der Waals surface area contributed by atoms with E-state index in [4.69, 9.17) is 0 Å². The van der Waals surface area contributed by atoms with Gasteiger partial charge >= 0.3 is 0 Å². The summed E-state index contributed by atoms with van der Waals surface area (Å²) in [5.41, 5.74) is 2.91. The summed E-state index contributed by atoms with van der Waals surface area (Å²) in [6.07, 6.45) is 3.22. The summed E-state index contributed by atoms with van der Waals surface area (Å²) in [6, 6.07) is 5.67. The highest BCUT2D eigenvalue weighted by atomic mass is 32.1. The van der Waals surface area contributed by atoms with Gasteiger partial charge in [0.2, 0.25) is 11.8 Å². The van der Waals surface area contributed by atoms with Gasteiger partial charge in [0, 0.05) is 45.7 Å². The molecule has 286 valence electrons. The van der Waals surface area contributed by atoms with E-state index in [1.807, 2.05) is 64.4 Å². The van der Waals surface area contributed by atoms with E-state index in [9.17, 15) is 19.5 Å². The number of aliphatic hydroxyl groups excluding tert-OH is 1. The highest BCUT2D eigenvalue weighted by molar-refractivity contribution is 7.13. The number of aryl methyl sites for hydroxylation is 1. The molecule has 4 atom stereocenters. The largest absolute Gasteiger partial charge is 0.391 e. The van der Waals surface area contributed by atoms with E-state index in [1.54, 1.807) is 17.5 Å². The van der Waals surface area contributed by atoms with Crippen LogP contribution in [-0.2, 0) is 9.59 Å². The number of anilines is 1. The summed E-state index contributed by atoms with van der Waals surface area (Å²) < 4.78 is 15.2. The second-order valence-electron chi connectivity index (χ2n) is 15.7. The predicted octanol–water partition coefficient (Wildman–Crippen LogP) is 3.11. The molecule has 5 heterocycles. The number of β-amino-alcohol motifs (C(OH)–C–C–N with tert-alkyl or cyclic N) is 1. The molecule has 53 heavy (non-hydrogen) atoms. The average Bonchev–Trinajstić information content (AvgIpc) is 3.75. The van der Waals surface area contributed by atoms with Crippen LogP contribution in [0.15, 0.2) is 42.2 Å². The number of halogens is 1. The molecule has 0 spiro atoms. The molecular weight excluding hydrogens is 698 g/mol. The summed E-state index contributed by atoms with van der Waals surface area (Å²) in [4.78, 5) is 61.2. The lowest BCUT2D eigenvalue weighted by atomic mass is 9.85. The van der Waals surface area contributed by atoms with E-state index in [0.29, 0.717) is 64.5 Å². The Balaban J connectivity index is 1.06. The molecule has 3 saturated heterocycles. The normalized spacial score (nSPS) is 21.9. The fourth-order valence-corrected chi connectivity index (χ4v) is 8.20. The fraction of sp³-hybridized carbons (Fsp3) is 0.579. The number of alkyl halides is 1. The lowest BCUT2D eigenvalue weighted by Gasteiger charge is -2.40. The topological polar surface area (TPSA) is 156 Å². The molecule has 3 aromatic rings. The molecule has 2 aromatic heterocycles. The lowest BCUT2D eigenvalue weighted by molar-refractivity contribution is -0.142. The first kappa shape index (κ1) is 38.7. The Morgan fingerprint density at radius 2 is 1.74 bits per heavy atom. The maximum absolute atomic E-state index is 15.2. The number of benzene rings is 1. The summed E-state index contributed by atoms with van der Waals surface area (Å²) in [5, 5.41) is 19.7. The average molecular weight is 750 g/mol. The number of carbonyl (C=O) groups is 3. The van der Waals surface area contributed by atoms with Crippen LogP contribution in [0.2, 0.25) is 0 Å². The van der Waals surface area contributed by atoms with Crippen molar-refractivity contribution >= 4 is 34.9 Å². The van der Waals surface area contributed by atoms with Gasteiger partial charge in [0.1, 0.15) is 29.3 Å². The van der Waals surface area contributed by atoms with Gasteiger partial charge in [-0.1, -0.05) is 45.0 Å². The van der Waals surface area contributed by atoms with E-state index in [2.05, 4.69) is 40.7 Å². The summed E-state index contributed by atoms with van der Waals surface area (Å²) in [7, 11) is 0. The number of piperidine rings is 1. The fourth-order valence-electron chi connectivity index (χ4n) is 7.39. The van der Waals surface area contributed by atoms with Gasteiger partial charge in [-0.2, -0.15) is 0 Å². The SMILES string of the molecule is Cc1ncsc1-c1ccc([C@H](C)NC(=O)[C@@H]2C[C@@H](O)CN2C(=O)[C@@H](NC(=O)c2cnc(N3CCN(CC4(F)CCNCC4)CC3)cn2)C(C)(C)C)cc1. The van der Waals surface area contributed by atoms with Crippen LogP contribution in [0.3, 0.4) is 0 Å². The molecule has 3 aliphatic heterocycles. The van der Waals surface area contributed by atoms with E-state index < -0.39 is 41.1 Å². The first-order valence-electron chi connectivity index (χ1n) is 18.5. The monoisotopic (exact) mass is 749 g/mol. The van der Waals surface area contributed by atoms with Crippen molar-refractivity contribution in [2.24, 2.45) is 5.41 Å². The van der Waals surface area contributed by atoms with Crippen molar-refractivity contribution in [3.8, 4) is 10.4 Å². The number of aliphatic hydroxyl groups is 1. The van der Waals surface area contributed by atoms with Crippen LogP contribution in [0, 0.1) is 12.3 Å². The lowest BCUT2D eigenvalue weighted by Crippen LogP contribution is -2.58. The molecule has 1 aromatic carbocycles. The van der Waals surface area contributed by atoms with E-state index in [1.165, 1.54) is 11.1 Å². The number of carbonyl (C=O) groups excluding carboxylic acids is 3. The number of rotatable bonds is 10. The molecule has 0 radical (unpaired) electrons. The van der Waals surface area contributed by atoms with Crippen LogP contribution in [0.25, 0.3) is 10.4 Å². The third kappa shape index (κ3) is 9.19. The number of nitrogens with zero attached hydrogens (tertiary/aromatic N) is 6. The molecule has 0 unspecified atom stereocenters. The zero-order valence-electron chi connectivity index (χ0n) is 31.3. The minimum atomic E-state index is -1.15. The molecule has 0 bridgehead atoms. The molecule has 3 aliphatic rings. The molecule has 4 N–H and O–H groups in total. The number of aromatic nitrogens is 3. The predicted molar refractivity (Wildman–Crippen MR) is 202 cm³/mol. The molecule has 3 fully saturated rings. The van der Waals surface area contributed by atoms with Gasteiger partial charge < -0.3 is 30.9 Å². The maximum Gasteiger partial charge on any atom is 0.272 e. The molecule has 3 amide bonds. The standard InChI is InChI=1S/C38H52FN9O4S/c1-24(26-6-8-27(9-7-26)32-25(2)43-23-53-32)44-35(51)30-18-28(49)21-48(30)36(52)33(37(3,4)5)45-34(50)29-19-42-31(20-41-29)47-16-14-46(15-17-47)22-38(39)10-12-40-13-11-38/h6-9,19-20,23-24,28,30,33,40,49H,10-18,21-22H2,1-5H3,(H,44,51)(H,45,50)/t24-,28+,30-,33+/m0/s1. The van der Waals surface area contributed by atoms with Crippen LogP contribution in [0.4, 0.5) is 10.2 Å². The Bertz CT molecular complexity index is 1740. The molecule has 0 aliphatic carbocycles. The second-order valence-corrected chi connectivity index (χ2v) is 16.6. The van der Waals surface area contributed by atoms with Crippen molar-refractivity contribution in [3.63, 3.8) is 0 Å². The molecule has 6 rings (SSSR count). The smallest absolute Gasteiger partial charge is 0.272 e. The highest BCUT2D eigenvalue weighted by Crippen LogP contribution is 2.30. The van der Waals surface area contributed by atoms with Crippen molar-refractivity contribution < 1.29 is 23.9 Å². The van der Waals surface area contributed by atoms with Crippen LogP contribution in [-0.4, -0.2) is 124 Å². The number of piperazine rings is 1. The van der Waals surface area contributed by atoms with Crippen LogP contribution in [0.5, 0.6) is 0 Å². The number of hydrogen-bond donors (Lipinski definition) is 4. The first-order chi connectivity index (χ1) is 25.2. The Morgan fingerprint density at radius 1 is 1.04 bits per heavy atom. The zero-order valence-corrected chi connectivity index (χ0v) is 32.1. The number of thiazole rings is 1. The van der Waals surface area contributed by atoms with Crippen LogP contribution < -0.4 is 20.9 Å². The first-order valence-corrected chi connectivity index (χ1v) is 19.4. The van der Waals surface area contributed by atoms with E-state index >= 15 is 4.39 Å². The van der Waals surface area contributed by atoms with Crippen molar-refractivity contribution in [1.29, 1.82) is 0 Å². The van der Waals surface area contributed by atoms with Gasteiger partial charge in [-0.25, -0.2) is 19.3 Å².